The van der Waals surface area contributed by atoms with Crippen LogP contribution in [0.4, 0.5) is 0 Å². The Morgan fingerprint density at radius 3 is 2.38 bits per heavy atom. The number of sulfone groups is 1. The van der Waals surface area contributed by atoms with E-state index in [4.69, 9.17) is 14.2 Å². The van der Waals surface area contributed by atoms with Crippen LogP contribution in [-0.4, -0.2) is 47.0 Å². The van der Waals surface area contributed by atoms with Gasteiger partial charge in [0.15, 0.2) is 21.3 Å². The lowest BCUT2D eigenvalue weighted by atomic mass is 10.1. The van der Waals surface area contributed by atoms with Gasteiger partial charge >= 0.3 is 0 Å². The van der Waals surface area contributed by atoms with Gasteiger partial charge in [-0.2, -0.15) is 0 Å². The van der Waals surface area contributed by atoms with Crippen molar-refractivity contribution in [3.63, 3.8) is 0 Å². The number of carbonyl (C=O) groups is 1. The standard InChI is InChI=1S/C24H31NO6S/c1-17(19-10-13-22(23(16-19)30-3)31-20-6-4-5-7-20)25-24(26)18-8-11-21(12-9-18)32(27,28)15-14-29-2/h8-13,16-17,20H,4-7,14-15H2,1-3H3,(H,25,26). The Labute approximate surface area is 190 Å². The molecule has 0 spiro atoms. The lowest BCUT2D eigenvalue weighted by Crippen LogP contribution is -2.26. The second kappa shape index (κ2) is 10.8. The first-order valence-electron chi connectivity index (χ1n) is 10.8. The molecule has 0 heterocycles. The Morgan fingerprint density at radius 2 is 1.75 bits per heavy atom. The van der Waals surface area contributed by atoms with Crippen LogP contribution in [0.25, 0.3) is 0 Å². The zero-order valence-electron chi connectivity index (χ0n) is 18.8. The second-order valence-electron chi connectivity index (χ2n) is 7.97. The van der Waals surface area contributed by atoms with Crippen LogP contribution in [0.15, 0.2) is 47.4 Å². The van der Waals surface area contributed by atoms with Gasteiger partial charge in [0.25, 0.3) is 5.91 Å². The molecule has 0 aromatic heterocycles. The lowest BCUT2D eigenvalue weighted by Gasteiger charge is -2.19. The van der Waals surface area contributed by atoms with E-state index >= 15 is 0 Å². The number of amides is 1. The van der Waals surface area contributed by atoms with E-state index in [1.807, 2.05) is 25.1 Å². The zero-order valence-corrected chi connectivity index (χ0v) is 19.6. The van der Waals surface area contributed by atoms with Gasteiger partial charge in [-0.3, -0.25) is 4.79 Å². The summed E-state index contributed by atoms with van der Waals surface area (Å²) in [6, 6.07) is 11.3. The summed E-state index contributed by atoms with van der Waals surface area (Å²) in [6.45, 7) is 2.00. The van der Waals surface area contributed by atoms with Crippen LogP contribution in [-0.2, 0) is 14.6 Å². The molecule has 3 rings (SSSR count). The van der Waals surface area contributed by atoms with Crippen molar-refractivity contribution >= 4 is 15.7 Å². The molecule has 8 heteroatoms. The van der Waals surface area contributed by atoms with E-state index in [1.165, 1.54) is 44.2 Å². The predicted molar refractivity (Wildman–Crippen MR) is 122 cm³/mol. The second-order valence-corrected chi connectivity index (χ2v) is 10.1. The number of benzene rings is 2. The van der Waals surface area contributed by atoms with E-state index in [-0.39, 0.29) is 35.3 Å². The van der Waals surface area contributed by atoms with E-state index < -0.39 is 9.84 Å². The SMILES string of the molecule is COCCS(=O)(=O)c1ccc(C(=O)NC(C)c2ccc(OC3CCCC3)c(OC)c2)cc1. The van der Waals surface area contributed by atoms with Crippen molar-refractivity contribution in [2.75, 3.05) is 26.6 Å². The summed E-state index contributed by atoms with van der Waals surface area (Å²) in [5, 5.41) is 2.94. The molecule has 1 aliphatic carbocycles. The maximum atomic E-state index is 12.7. The number of ether oxygens (including phenoxy) is 3. The molecule has 0 radical (unpaired) electrons. The summed E-state index contributed by atoms with van der Waals surface area (Å²) in [6.07, 6.45) is 4.73. The molecule has 2 aromatic rings. The quantitative estimate of drug-likeness (QED) is 0.577. The van der Waals surface area contributed by atoms with Crippen molar-refractivity contribution in [1.29, 1.82) is 0 Å². The molecule has 7 nitrogen and oxygen atoms in total. The fraction of sp³-hybridized carbons (Fsp3) is 0.458. The van der Waals surface area contributed by atoms with Crippen molar-refractivity contribution < 1.29 is 27.4 Å². The van der Waals surface area contributed by atoms with Crippen LogP contribution < -0.4 is 14.8 Å². The van der Waals surface area contributed by atoms with Gasteiger partial charge in [-0.15, -0.1) is 0 Å². The molecule has 0 saturated heterocycles. The molecule has 174 valence electrons. The third-order valence-electron chi connectivity index (χ3n) is 5.66. The molecule has 1 atom stereocenters. The average molecular weight is 462 g/mol. The molecule has 1 aliphatic rings. The Hall–Kier alpha value is -2.58. The van der Waals surface area contributed by atoms with Crippen LogP contribution in [0.1, 0.15) is 54.6 Å². The summed E-state index contributed by atoms with van der Waals surface area (Å²) in [4.78, 5) is 12.8. The highest BCUT2D eigenvalue weighted by Gasteiger charge is 2.20. The molecule has 1 unspecified atom stereocenters. The molecular weight excluding hydrogens is 430 g/mol. The highest BCUT2D eigenvalue weighted by atomic mass is 32.2. The van der Waals surface area contributed by atoms with Gasteiger partial charge in [-0.25, -0.2) is 8.42 Å². The van der Waals surface area contributed by atoms with Crippen molar-refractivity contribution in [2.45, 2.75) is 49.6 Å². The Kier molecular flexibility index (Phi) is 8.15. The first-order chi connectivity index (χ1) is 15.3. The number of hydrogen-bond acceptors (Lipinski definition) is 6. The van der Waals surface area contributed by atoms with Gasteiger partial charge in [-0.05, 0) is 74.6 Å². The lowest BCUT2D eigenvalue weighted by molar-refractivity contribution is 0.0939. The minimum Gasteiger partial charge on any atom is -0.493 e. The fourth-order valence-electron chi connectivity index (χ4n) is 3.72. The minimum absolute atomic E-state index is 0.103. The summed E-state index contributed by atoms with van der Waals surface area (Å²) in [7, 11) is -0.377. The average Bonchev–Trinajstić information content (AvgIpc) is 3.31. The van der Waals surface area contributed by atoms with E-state index in [1.54, 1.807) is 7.11 Å². The minimum atomic E-state index is -3.43. The molecule has 2 aromatic carbocycles. The monoisotopic (exact) mass is 461 g/mol. The van der Waals surface area contributed by atoms with E-state index in [2.05, 4.69) is 5.32 Å². The van der Waals surface area contributed by atoms with E-state index in [0.717, 1.165) is 18.4 Å². The van der Waals surface area contributed by atoms with Gasteiger partial charge in [0.05, 0.1) is 36.5 Å². The summed E-state index contributed by atoms with van der Waals surface area (Å²) in [5.41, 5.74) is 1.27. The van der Waals surface area contributed by atoms with Gasteiger partial charge < -0.3 is 19.5 Å². The van der Waals surface area contributed by atoms with Crippen LogP contribution in [0.3, 0.4) is 0 Å². The molecule has 1 N–H and O–H groups in total. The number of methoxy groups -OCH3 is 2. The van der Waals surface area contributed by atoms with Gasteiger partial charge in [0.2, 0.25) is 0 Å². The van der Waals surface area contributed by atoms with Gasteiger partial charge in [-0.1, -0.05) is 6.07 Å². The van der Waals surface area contributed by atoms with Crippen molar-refractivity contribution in [1.82, 2.24) is 5.32 Å². The smallest absolute Gasteiger partial charge is 0.251 e. The first kappa shape index (κ1) is 24.1. The number of rotatable bonds is 10. The van der Waals surface area contributed by atoms with Crippen LogP contribution >= 0.6 is 0 Å². The molecule has 32 heavy (non-hydrogen) atoms. The van der Waals surface area contributed by atoms with Crippen molar-refractivity contribution in [2.24, 2.45) is 0 Å². The Bertz CT molecular complexity index is 1010. The molecule has 1 saturated carbocycles. The summed E-state index contributed by atoms with van der Waals surface area (Å²) in [5.74, 6) is 0.964. The highest BCUT2D eigenvalue weighted by molar-refractivity contribution is 7.91. The van der Waals surface area contributed by atoms with Crippen LogP contribution in [0, 0.1) is 0 Å². The zero-order chi connectivity index (χ0) is 23.1. The summed E-state index contributed by atoms with van der Waals surface area (Å²) >= 11 is 0. The van der Waals surface area contributed by atoms with Crippen molar-refractivity contribution in [3.8, 4) is 11.5 Å². The number of nitrogens with one attached hydrogen (secondary N) is 1. The van der Waals surface area contributed by atoms with Crippen LogP contribution in [0.5, 0.6) is 11.5 Å². The highest BCUT2D eigenvalue weighted by Crippen LogP contribution is 2.33. The molecule has 0 bridgehead atoms. The maximum absolute atomic E-state index is 12.7. The predicted octanol–water partition coefficient (Wildman–Crippen LogP) is 3.93. The molecule has 1 amide bonds. The number of carbonyl (C=O) groups excluding carboxylic acids is 1. The first-order valence-corrected chi connectivity index (χ1v) is 12.5. The Morgan fingerprint density at radius 1 is 1.06 bits per heavy atom. The topological polar surface area (TPSA) is 90.9 Å². The van der Waals surface area contributed by atoms with E-state index in [9.17, 15) is 13.2 Å². The third kappa shape index (κ3) is 6.01. The van der Waals surface area contributed by atoms with Crippen LogP contribution in [0.2, 0.25) is 0 Å². The van der Waals surface area contributed by atoms with E-state index in [0.29, 0.717) is 17.1 Å². The van der Waals surface area contributed by atoms with Gasteiger partial charge in [0.1, 0.15) is 0 Å². The molecular formula is C24H31NO6S. The summed E-state index contributed by atoms with van der Waals surface area (Å²) < 4.78 is 40.9. The molecule has 0 aliphatic heterocycles. The third-order valence-corrected chi connectivity index (χ3v) is 7.36. The Balaban J connectivity index is 1.65. The maximum Gasteiger partial charge on any atom is 0.251 e. The largest absolute Gasteiger partial charge is 0.493 e. The fourth-order valence-corrected chi connectivity index (χ4v) is 4.90. The van der Waals surface area contributed by atoms with Gasteiger partial charge in [0, 0.05) is 12.7 Å². The number of hydrogen-bond donors (Lipinski definition) is 1. The van der Waals surface area contributed by atoms with Crippen molar-refractivity contribution in [3.05, 3.63) is 53.6 Å². The molecule has 1 fully saturated rings. The normalized spacial score (nSPS) is 15.3.